The van der Waals surface area contributed by atoms with Crippen molar-refractivity contribution >= 4 is 29.4 Å². The van der Waals surface area contributed by atoms with E-state index in [2.05, 4.69) is 54.9 Å². The lowest BCUT2D eigenvalue weighted by Crippen LogP contribution is -2.29. The molecule has 2 aromatic carbocycles. The maximum Gasteiger partial charge on any atom is 0.233 e. The van der Waals surface area contributed by atoms with Crippen LogP contribution in [0.15, 0.2) is 67.3 Å². The van der Waals surface area contributed by atoms with Crippen LogP contribution in [-0.4, -0.2) is 73.5 Å². The number of amides is 1. The summed E-state index contributed by atoms with van der Waals surface area (Å²) in [7, 11) is 0. The smallest absolute Gasteiger partial charge is 0.233 e. The maximum absolute atomic E-state index is 12.2. The number of carbonyl (C=O) groups is 1. The van der Waals surface area contributed by atoms with Gasteiger partial charge in [-0.3, -0.25) is 4.79 Å². The summed E-state index contributed by atoms with van der Waals surface area (Å²) in [5, 5.41) is 12.5. The average molecular weight is 535 g/mol. The summed E-state index contributed by atoms with van der Waals surface area (Å²) in [5.41, 5.74) is 8.27. The number of nitrogens with zero attached hydrogens (tertiary/aromatic N) is 3. The largest absolute Gasteiger partial charge is 0.378 e. The zero-order valence-corrected chi connectivity index (χ0v) is 22.2. The van der Waals surface area contributed by atoms with Crippen LogP contribution >= 0.6 is 0 Å². The summed E-state index contributed by atoms with van der Waals surface area (Å²) < 4.78 is 10.6. The van der Waals surface area contributed by atoms with Crippen LogP contribution in [0, 0.1) is 0 Å². The maximum atomic E-state index is 12.2. The highest BCUT2D eigenvalue weighted by atomic mass is 16.5. The fraction of sp³-hybridized carbons (Fsp3) is 0.357. The highest BCUT2D eigenvalue weighted by molar-refractivity contribution is 5.78. The van der Waals surface area contributed by atoms with Crippen molar-refractivity contribution in [1.29, 1.82) is 0 Å². The second kappa shape index (κ2) is 17.4. The summed E-state index contributed by atoms with van der Waals surface area (Å²) in [6, 6.07) is 17.8. The van der Waals surface area contributed by atoms with Crippen LogP contribution in [0.5, 0.6) is 0 Å². The minimum absolute atomic E-state index is 0.0692. The van der Waals surface area contributed by atoms with E-state index in [1.54, 1.807) is 6.08 Å². The fourth-order valence-corrected chi connectivity index (χ4v) is 3.47. The van der Waals surface area contributed by atoms with Crippen molar-refractivity contribution in [3.63, 3.8) is 0 Å². The molecule has 0 saturated carbocycles. The number of rotatable bonds is 19. The summed E-state index contributed by atoms with van der Waals surface area (Å²) >= 11 is 0. The topological polar surface area (TPSA) is 148 Å². The van der Waals surface area contributed by atoms with Crippen molar-refractivity contribution in [2.75, 3.05) is 68.6 Å². The summed E-state index contributed by atoms with van der Waals surface area (Å²) in [5.74, 6) is 1.24. The first kappa shape index (κ1) is 29.5. The molecule has 11 nitrogen and oxygen atoms in total. The normalized spacial score (nSPS) is 10.6. The van der Waals surface area contributed by atoms with Crippen LogP contribution < -0.4 is 27.0 Å². The van der Waals surface area contributed by atoms with E-state index in [0.29, 0.717) is 70.5 Å². The first-order valence-corrected chi connectivity index (χ1v) is 13.0. The van der Waals surface area contributed by atoms with Crippen molar-refractivity contribution in [1.82, 2.24) is 20.3 Å². The molecule has 0 aliphatic rings. The van der Waals surface area contributed by atoms with Crippen LogP contribution in [0.3, 0.4) is 0 Å². The van der Waals surface area contributed by atoms with Crippen molar-refractivity contribution in [3.05, 3.63) is 78.4 Å². The predicted molar refractivity (Wildman–Crippen MR) is 154 cm³/mol. The third-order valence-electron chi connectivity index (χ3n) is 5.36. The molecule has 0 bridgehead atoms. The molecule has 1 heterocycles. The Morgan fingerprint density at radius 3 is 2.23 bits per heavy atom. The number of benzene rings is 2. The summed E-state index contributed by atoms with van der Waals surface area (Å²) in [4.78, 5) is 25.6. The Balaban J connectivity index is 1.48. The molecule has 0 radical (unpaired) electrons. The highest BCUT2D eigenvalue weighted by Crippen LogP contribution is 2.17. The van der Waals surface area contributed by atoms with Gasteiger partial charge in [0, 0.05) is 31.9 Å². The molecule has 0 aliphatic carbocycles. The lowest BCUT2D eigenvalue weighted by molar-refractivity contribution is -0.120. The molecule has 3 aromatic rings. The van der Waals surface area contributed by atoms with Gasteiger partial charge in [-0.25, -0.2) is 0 Å². The van der Waals surface area contributed by atoms with Gasteiger partial charge in [-0.1, -0.05) is 48.5 Å². The number of hydrogen-bond acceptors (Lipinski definition) is 10. The third kappa shape index (κ3) is 11.9. The Kier molecular flexibility index (Phi) is 13.2. The Morgan fingerprint density at radius 2 is 1.51 bits per heavy atom. The Labute approximate surface area is 229 Å². The lowest BCUT2D eigenvalue weighted by Gasteiger charge is -2.11. The molecule has 0 aliphatic heterocycles. The molecule has 0 unspecified atom stereocenters. The number of anilines is 4. The van der Waals surface area contributed by atoms with E-state index in [0.717, 1.165) is 17.7 Å². The zero-order chi connectivity index (χ0) is 27.5. The van der Waals surface area contributed by atoms with Crippen molar-refractivity contribution < 1.29 is 14.3 Å². The van der Waals surface area contributed by atoms with E-state index in [1.807, 2.05) is 42.5 Å². The van der Waals surface area contributed by atoms with Gasteiger partial charge >= 0.3 is 0 Å². The lowest BCUT2D eigenvalue weighted by atomic mass is 10.1. The molecule has 1 amide bonds. The number of carbonyl (C=O) groups excluding carboxylic acids is 1. The molecule has 39 heavy (non-hydrogen) atoms. The van der Waals surface area contributed by atoms with Gasteiger partial charge in [-0.05, 0) is 29.7 Å². The van der Waals surface area contributed by atoms with Crippen molar-refractivity contribution in [2.24, 2.45) is 5.73 Å². The van der Waals surface area contributed by atoms with Crippen LogP contribution in [0.4, 0.5) is 23.5 Å². The summed E-state index contributed by atoms with van der Waals surface area (Å²) in [6.45, 7) is 7.79. The van der Waals surface area contributed by atoms with Gasteiger partial charge in [0.1, 0.15) is 0 Å². The standard InChI is InChI=1S/C28H38N8O3/c1-2-14-31-26-34-27(32-15-12-22-6-4-3-5-7-22)36-28(35-26)33-24-10-8-23(9-11-24)21-25(37)30-16-18-39-20-19-38-17-13-29/h2-11H,1,12-21,29H2,(H,30,37)(H3,31,32,33,34,35,36). The number of ether oxygens (including phenoxy) is 2. The quantitative estimate of drug-likeness (QED) is 0.115. The van der Waals surface area contributed by atoms with E-state index in [1.165, 1.54) is 5.56 Å². The fourth-order valence-electron chi connectivity index (χ4n) is 3.47. The molecule has 0 saturated heterocycles. The Bertz CT molecular complexity index is 1130. The Morgan fingerprint density at radius 1 is 0.821 bits per heavy atom. The van der Waals surface area contributed by atoms with Crippen molar-refractivity contribution in [2.45, 2.75) is 12.8 Å². The van der Waals surface area contributed by atoms with Crippen LogP contribution in [0.1, 0.15) is 11.1 Å². The number of nitrogens with one attached hydrogen (secondary N) is 4. The number of hydrogen-bond donors (Lipinski definition) is 5. The van der Waals surface area contributed by atoms with Gasteiger partial charge in [0.25, 0.3) is 0 Å². The van der Waals surface area contributed by atoms with E-state index in [-0.39, 0.29) is 12.3 Å². The van der Waals surface area contributed by atoms with Crippen LogP contribution in [0.25, 0.3) is 0 Å². The average Bonchev–Trinajstić information content (AvgIpc) is 2.95. The molecule has 3 rings (SSSR count). The molecule has 0 fully saturated rings. The number of aromatic nitrogens is 3. The Hall–Kier alpha value is -4.06. The third-order valence-corrected chi connectivity index (χ3v) is 5.36. The molecule has 11 heteroatoms. The number of nitrogens with two attached hydrogens (primary N) is 1. The second-order valence-corrected chi connectivity index (χ2v) is 8.50. The van der Waals surface area contributed by atoms with Gasteiger partial charge < -0.3 is 36.5 Å². The molecular formula is C28H38N8O3. The van der Waals surface area contributed by atoms with E-state index < -0.39 is 0 Å². The molecule has 0 atom stereocenters. The molecular weight excluding hydrogens is 496 g/mol. The predicted octanol–water partition coefficient (Wildman–Crippen LogP) is 2.52. The van der Waals surface area contributed by atoms with Crippen LogP contribution in [0.2, 0.25) is 0 Å². The molecule has 208 valence electrons. The van der Waals surface area contributed by atoms with Gasteiger partial charge in [0.15, 0.2) is 0 Å². The van der Waals surface area contributed by atoms with Gasteiger partial charge in [-0.2, -0.15) is 15.0 Å². The molecule has 6 N–H and O–H groups in total. The van der Waals surface area contributed by atoms with Gasteiger partial charge in [0.2, 0.25) is 23.8 Å². The van der Waals surface area contributed by atoms with E-state index >= 15 is 0 Å². The van der Waals surface area contributed by atoms with Gasteiger partial charge in [-0.15, -0.1) is 6.58 Å². The molecule has 0 spiro atoms. The monoisotopic (exact) mass is 534 g/mol. The van der Waals surface area contributed by atoms with Gasteiger partial charge in [0.05, 0.1) is 32.8 Å². The molecule has 1 aromatic heterocycles. The highest BCUT2D eigenvalue weighted by Gasteiger charge is 2.08. The second-order valence-electron chi connectivity index (χ2n) is 8.50. The minimum Gasteiger partial charge on any atom is -0.378 e. The van der Waals surface area contributed by atoms with Crippen LogP contribution in [-0.2, 0) is 27.1 Å². The zero-order valence-electron chi connectivity index (χ0n) is 22.2. The first-order chi connectivity index (χ1) is 19.2. The van der Waals surface area contributed by atoms with E-state index in [4.69, 9.17) is 15.2 Å². The first-order valence-electron chi connectivity index (χ1n) is 13.0. The minimum atomic E-state index is -0.0692. The summed E-state index contributed by atoms with van der Waals surface area (Å²) in [6.07, 6.45) is 2.86. The van der Waals surface area contributed by atoms with E-state index in [9.17, 15) is 4.79 Å². The van der Waals surface area contributed by atoms with Crippen molar-refractivity contribution in [3.8, 4) is 0 Å². The SMILES string of the molecule is C=CCNc1nc(NCCc2ccccc2)nc(Nc2ccc(CC(=O)NCCOCCOCCN)cc2)n1.